The van der Waals surface area contributed by atoms with E-state index in [9.17, 15) is 4.79 Å². The van der Waals surface area contributed by atoms with Crippen LogP contribution in [0.4, 0.5) is 0 Å². The molecule has 2 fully saturated rings. The zero-order chi connectivity index (χ0) is 12.5. The van der Waals surface area contributed by atoms with E-state index in [1.807, 2.05) is 0 Å². The van der Waals surface area contributed by atoms with Gasteiger partial charge in [0.15, 0.2) is 0 Å². The van der Waals surface area contributed by atoms with Gasteiger partial charge >= 0.3 is 0 Å². The van der Waals surface area contributed by atoms with Crippen LogP contribution in [0.15, 0.2) is 0 Å². The van der Waals surface area contributed by atoms with Crippen LogP contribution in [0, 0.1) is 11.3 Å². The number of fused-ring (bicyclic) bond motifs is 1. The summed E-state index contributed by atoms with van der Waals surface area (Å²) >= 11 is 0. The number of hydrogen-bond acceptors (Lipinski definition) is 2. The molecule has 0 aromatic rings. The topological polar surface area (TPSA) is 32.3 Å². The number of hydrogen-bond donors (Lipinski definition) is 1. The Morgan fingerprint density at radius 1 is 1.24 bits per heavy atom. The standard InChI is InChI=1S/C14H26N2O/c1-14(2,3)11-6-4-5-7-12-13(17)15-8-9-16(12)10-11/h11-12H,4-10H2,1-3H3,(H,15,17). The van der Waals surface area contributed by atoms with E-state index in [2.05, 4.69) is 31.0 Å². The number of nitrogens with zero attached hydrogens (tertiary/aromatic N) is 1. The minimum Gasteiger partial charge on any atom is -0.353 e. The highest BCUT2D eigenvalue weighted by atomic mass is 16.2. The first kappa shape index (κ1) is 12.9. The molecule has 1 amide bonds. The van der Waals surface area contributed by atoms with Crippen LogP contribution in [0.3, 0.4) is 0 Å². The van der Waals surface area contributed by atoms with Crippen LogP contribution in [-0.2, 0) is 4.79 Å². The number of rotatable bonds is 0. The molecule has 2 rings (SSSR count). The molecule has 3 heteroatoms. The molecule has 0 spiro atoms. The van der Waals surface area contributed by atoms with Crippen molar-refractivity contribution in [2.75, 3.05) is 19.6 Å². The van der Waals surface area contributed by atoms with Crippen molar-refractivity contribution in [1.29, 1.82) is 0 Å². The maximum Gasteiger partial charge on any atom is 0.237 e. The van der Waals surface area contributed by atoms with Crippen LogP contribution in [0.2, 0.25) is 0 Å². The number of carbonyl (C=O) groups excluding carboxylic acids is 1. The van der Waals surface area contributed by atoms with Crippen molar-refractivity contribution in [2.45, 2.75) is 52.5 Å². The van der Waals surface area contributed by atoms with Gasteiger partial charge in [-0.1, -0.05) is 33.6 Å². The third-order valence-corrected chi connectivity index (χ3v) is 4.40. The smallest absolute Gasteiger partial charge is 0.237 e. The Balaban J connectivity index is 2.09. The first-order valence-electron chi connectivity index (χ1n) is 7.00. The van der Waals surface area contributed by atoms with E-state index in [1.54, 1.807) is 0 Å². The summed E-state index contributed by atoms with van der Waals surface area (Å²) in [6, 6.07) is 0.147. The molecule has 0 bridgehead atoms. The van der Waals surface area contributed by atoms with Crippen molar-refractivity contribution in [1.82, 2.24) is 10.2 Å². The van der Waals surface area contributed by atoms with E-state index in [4.69, 9.17) is 0 Å². The van der Waals surface area contributed by atoms with Crippen LogP contribution in [0.5, 0.6) is 0 Å². The van der Waals surface area contributed by atoms with Gasteiger partial charge in [-0.3, -0.25) is 9.69 Å². The first-order valence-corrected chi connectivity index (χ1v) is 7.00. The van der Waals surface area contributed by atoms with Gasteiger partial charge in [0.25, 0.3) is 0 Å². The molecule has 98 valence electrons. The SMILES string of the molecule is CC(C)(C)C1CCCCC2C(=O)NCCN2C1. The van der Waals surface area contributed by atoms with Crippen LogP contribution in [0.25, 0.3) is 0 Å². The molecule has 2 aliphatic heterocycles. The summed E-state index contributed by atoms with van der Waals surface area (Å²) in [6.07, 6.45) is 4.83. The quantitative estimate of drug-likeness (QED) is 0.700. The Labute approximate surface area is 105 Å². The molecule has 2 aliphatic rings. The first-order chi connectivity index (χ1) is 7.98. The summed E-state index contributed by atoms with van der Waals surface area (Å²) < 4.78 is 0. The molecular formula is C14H26N2O. The fraction of sp³-hybridized carbons (Fsp3) is 0.929. The van der Waals surface area contributed by atoms with Gasteiger partial charge in [0.2, 0.25) is 5.91 Å². The van der Waals surface area contributed by atoms with Gasteiger partial charge in [-0.15, -0.1) is 0 Å². The average Bonchev–Trinajstić information content (AvgIpc) is 2.18. The maximum absolute atomic E-state index is 11.9. The molecule has 2 heterocycles. The largest absolute Gasteiger partial charge is 0.353 e. The molecule has 2 atom stereocenters. The van der Waals surface area contributed by atoms with Crippen LogP contribution < -0.4 is 5.32 Å². The molecule has 0 aliphatic carbocycles. The zero-order valence-electron chi connectivity index (χ0n) is 11.5. The van der Waals surface area contributed by atoms with E-state index < -0.39 is 0 Å². The lowest BCUT2D eigenvalue weighted by atomic mass is 9.76. The second-order valence-electron chi connectivity index (χ2n) is 6.65. The van der Waals surface area contributed by atoms with Gasteiger partial charge in [0.1, 0.15) is 0 Å². The van der Waals surface area contributed by atoms with Gasteiger partial charge < -0.3 is 5.32 Å². The Morgan fingerprint density at radius 2 is 1.94 bits per heavy atom. The normalized spacial score (nSPS) is 32.3. The fourth-order valence-electron chi connectivity index (χ4n) is 3.10. The predicted molar refractivity (Wildman–Crippen MR) is 69.8 cm³/mol. The number of nitrogens with one attached hydrogen (secondary N) is 1. The van der Waals surface area contributed by atoms with Crippen LogP contribution in [-0.4, -0.2) is 36.5 Å². The van der Waals surface area contributed by atoms with Crippen molar-refractivity contribution in [3.05, 3.63) is 0 Å². The lowest BCUT2D eigenvalue weighted by molar-refractivity contribution is -0.130. The summed E-state index contributed by atoms with van der Waals surface area (Å²) in [5.41, 5.74) is 0.357. The highest BCUT2D eigenvalue weighted by molar-refractivity contribution is 5.82. The Bertz CT molecular complexity index is 282. The van der Waals surface area contributed by atoms with E-state index >= 15 is 0 Å². The number of carbonyl (C=O) groups is 1. The van der Waals surface area contributed by atoms with Crippen molar-refractivity contribution in [3.63, 3.8) is 0 Å². The number of amides is 1. The second kappa shape index (κ2) is 4.97. The number of piperazine rings is 1. The van der Waals surface area contributed by atoms with E-state index in [0.717, 1.165) is 32.0 Å². The van der Waals surface area contributed by atoms with Gasteiger partial charge in [-0.2, -0.15) is 0 Å². The second-order valence-corrected chi connectivity index (χ2v) is 6.65. The summed E-state index contributed by atoms with van der Waals surface area (Å²) in [7, 11) is 0. The molecule has 2 saturated heterocycles. The summed E-state index contributed by atoms with van der Waals surface area (Å²) in [4.78, 5) is 14.3. The van der Waals surface area contributed by atoms with Crippen molar-refractivity contribution in [3.8, 4) is 0 Å². The lowest BCUT2D eigenvalue weighted by Gasteiger charge is -2.42. The molecule has 0 saturated carbocycles. The Hall–Kier alpha value is -0.570. The van der Waals surface area contributed by atoms with Crippen LogP contribution >= 0.6 is 0 Å². The summed E-state index contributed by atoms with van der Waals surface area (Å²) in [5, 5.41) is 3.00. The zero-order valence-corrected chi connectivity index (χ0v) is 11.5. The maximum atomic E-state index is 11.9. The molecule has 3 nitrogen and oxygen atoms in total. The van der Waals surface area contributed by atoms with Gasteiger partial charge in [-0.25, -0.2) is 0 Å². The molecule has 2 unspecified atom stereocenters. The molecule has 17 heavy (non-hydrogen) atoms. The van der Waals surface area contributed by atoms with Crippen molar-refractivity contribution in [2.24, 2.45) is 11.3 Å². The third kappa shape index (κ3) is 3.01. The Morgan fingerprint density at radius 3 is 2.65 bits per heavy atom. The fourth-order valence-corrected chi connectivity index (χ4v) is 3.10. The summed E-state index contributed by atoms with van der Waals surface area (Å²) in [5.74, 6) is 0.974. The Kier molecular flexibility index (Phi) is 3.76. The molecule has 0 aromatic carbocycles. The minimum atomic E-state index is 0.147. The summed E-state index contributed by atoms with van der Waals surface area (Å²) in [6.45, 7) is 9.95. The third-order valence-electron chi connectivity index (χ3n) is 4.40. The minimum absolute atomic E-state index is 0.147. The van der Waals surface area contributed by atoms with E-state index in [1.165, 1.54) is 19.3 Å². The predicted octanol–water partition coefficient (Wildman–Crippen LogP) is 2.02. The highest BCUT2D eigenvalue weighted by Crippen LogP contribution is 2.34. The monoisotopic (exact) mass is 238 g/mol. The highest BCUT2D eigenvalue weighted by Gasteiger charge is 2.35. The van der Waals surface area contributed by atoms with E-state index in [-0.39, 0.29) is 11.9 Å². The van der Waals surface area contributed by atoms with Gasteiger partial charge in [-0.05, 0) is 24.2 Å². The van der Waals surface area contributed by atoms with Crippen LogP contribution in [0.1, 0.15) is 46.5 Å². The van der Waals surface area contributed by atoms with Crippen molar-refractivity contribution >= 4 is 5.91 Å². The molecule has 0 radical (unpaired) electrons. The average molecular weight is 238 g/mol. The molecular weight excluding hydrogens is 212 g/mol. The van der Waals surface area contributed by atoms with Gasteiger partial charge in [0, 0.05) is 19.6 Å². The van der Waals surface area contributed by atoms with Crippen molar-refractivity contribution < 1.29 is 4.79 Å². The van der Waals surface area contributed by atoms with Gasteiger partial charge in [0.05, 0.1) is 6.04 Å². The molecule has 1 N–H and O–H groups in total. The lowest BCUT2D eigenvalue weighted by Crippen LogP contribution is -2.57. The molecule has 0 aromatic heterocycles. The van der Waals surface area contributed by atoms with E-state index in [0.29, 0.717) is 5.41 Å².